The molecule has 2 amide bonds. The molecule has 3 rings (SSSR count). The van der Waals surface area contributed by atoms with Crippen LogP contribution >= 0.6 is 11.6 Å². The van der Waals surface area contributed by atoms with Gasteiger partial charge in [0, 0.05) is 11.3 Å². The van der Waals surface area contributed by atoms with Crippen molar-refractivity contribution in [3.8, 4) is 0 Å². The third kappa shape index (κ3) is 5.40. The zero-order valence-electron chi connectivity index (χ0n) is 18.9. The fraction of sp³-hybridized carbons (Fsp3) is 0.304. The van der Waals surface area contributed by atoms with Gasteiger partial charge in [-0.05, 0) is 44.2 Å². The number of hydrogen-bond acceptors (Lipinski definition) is 6. The molecule has 1 aliphatic heterocycles. The average Bonchev–Trinajstić information content (AvgIpc) is 3.17. The zero-order valence-corrected chi connectivity index (χ0v) is 19.7. The van der Waals surface area contributed by atoms with Crippen molar-refractivity contribution in [1.29, 1.82) is 0 Å². The van der Waals surface area contributed by atoms with E-state index in [1.165, 1.54) is 38.3 Å². The number of anilines is 1. The van der Waals surface area contributed by atoms with Gasteiger partial charge in [-0.2, -0.15) is 18.3 Å². The van der Waals surface area contributed by atoms with Crippen molar-refractivity contribution in [1.82, 2.24) is 5.01 Å². The van der Waals surface area contributed by atoms with Gasteiger partial charge in [0.05, 0.1) is 42.1 Å². The molecule has 0 bridgehead atoms. The number of rotatable bonds is 5. The van der Waals surface area contributed by atoms with Gasteiger partial charge in [-0.25, -0.2) is 14.6 Å². The van der Waals surface area contributed by atoms with Gasteiger partial charge in [0.2, 0.25) is 0 Å². The maximum atomic E-state index is 13.1. The minimum Gasteiger partial charge on any atom is -0.465 e. The Morgan fingerprint density at radius 2 is 1.91 bits per heavy atom. The van der Waals surface area contributed by atoms with Crippen LogP contribution in [0.5, 0.6) is 0 Å². The lowest BCUT2D eigenvalue weighted by Crippen LogP contribution is -2.42. The summed E-state index contributed by atoms with van der Waals surface area (Å²) in [6, 6.07) is 8.18. The molecule has 12 heteroatoms. The van der Waals surface area contributed by atoms with Gasteiger partial charge < -0.3 is 14.8 Å². The first kappa shape index (κ1) is 26.0. The van der Waals surface area contributed by atoms with Crippen molar-refractivity contribution >= 4 is 41.0 Å². The van der Waals surface area contributed by atoms with Gasteiger partial charge in [0.1, 0.15) is 5.41 Å². The summed E-state index contributed by atoms with van der Waals surface area (Å²) in [6.45, 7) is 2.87. The highest BCUT2D eigenvalue weighted by molar-refractivity contribution is 6.32. The molecule has 0 fully saturated rings. The highest BCUT2D eigenvalue weighted by atomic mass is 35.5. The number of benzene rings is 2. The van der Waals surface area contributed by atoms with E-state index in [1.807, 2.05) is 0 Å². The largest absolute Gasteiger partial charge is 0.465 e. The number of nitrogens with zero attached hydrogens (tertiary/aromatic N) is 2. The summed E-state index contributed by atoms with van der Waals surface area (Å²) in [5.41, 5.74) is -1.92. The molecule has 1 atom stereocenters. The van der Waals surface area contributed by atoms with Gasteiger partial charge in [-0.1, -0.05) is 23.7 Å². The number of hydrazone groups is 1. The molecule has 2 aromatic rings. The molecule has 1 aliphatic rings. The molecule has 1 N–H and O–H groups in total. The highest BCUT2D eigenvalue weighted by Crippen LogP contribution is 2.38. The monoisotopic (exact) mass is 511 g/mol. The summed E-state index contributed by atoms with van der Waals surface area (Å²) in [5.74, 6) is -1.31. The van der Waals surface area contributed by atoms with Crippen LogP contribution in [0.15, 0.2) is 47.6 Å². The third-order valence-electron chi connectivity index (χ3n) is 5.25. The average molecular weight is 512 g/mol. The molecule has 1 heterocycles. The quantitative estimate of drug-likeness (QED) is 0.572. The lowest BCUT2D eigenvalue weighted by molar-refractivity contribution is -0.150. The number of esters is 2. The number of amides is 2. The fourth-order valence-corrected chi connectivity index (χ4v) is 3.80. The van der Waals surface area contributed by atoms with Crippen LogP contribution in [0.3, 0.4) is 0 Å². The van der Waals surface area contributed by atoms with Crippen molar-refractivity contribution in [3.63, 3.8) is 0 Å². The number of urea groups is 1. The van der Waals surface area contributed by atoms with Gasteiger partial charge in [0.15, 0.2) is 0 Å². The molecular formula is C23H21ClF3N3O5. The molecule has 0 spiro atoms. The Kier molecular flexibility index (Phi) is 7.39. The summed E-state index contributed by atoms with van der Waals surface area (Å²) >= 11 is 5.86. The fourth-order valence-electron chi connectivity index (χ4n) is 3.51. The summed E-state index contributed by atoms with van der Waals surface area (Å²) < 4.78 is 49.2. The Bertz CT molecular complexity index is 1200. The van der Waals surface area contributed by atoms with Crippen molar-refractivity contribution in [2.45, 2.75) is 20.0 Å². The van der Waals surface area contributed by atoms with Crippen LogP contribution < -0.4 is 5.32 Å². The Hall–Kier alpha value is -3.60. The molecule has 2 aromatic carbocycles. The Labute approximate surface area is 203 Å². The lowest BCUT2D eigenvalue weighted by atomic mass is 9.82. The number of carbonyl (C=O) groups is 3. The summed E-state index contributed by atoms with van der Waals surface area (Å²) in [6.07, 6.45) is -4.66. The minimum absolute atomic E-state index is 0.0186. The maximum Gasteiger partial charge on any atom is 0.417 e. The lowest BCUT2D eigenvalue weighted by Gasteiger charge is -2.24. The van der Waals surface area contributed by atoms with Crippen LogP contribution in [-0.4, -0.2) is 49.0 Å². The SMILES string of the molecule is CCOC(=O)C1(C)CN(C(=O)Nc2cccc(C(=O)OC)c2)N=C1c1ccc(C(F)(F)F)c(Cl)c1. The van der Waals surface area contributed by atoms with Crippen molar-refractivity contribution in [3.05, 3.63) is 64.2 Å². The first-order chi connectivity index (χ1) is 16.4. The standard InChI is InChI=1S/C23H21ClF3N3O5/c1-4-35-20(32)22(2)12-30(21(33)28-15-7-5-6-14(10-15)19(31)34-3)29-18(22)13-8-9-16(17(24)11-13)23(25,26)27/h5-11H,4,12H2,1-3H3,(H,28,33). The molecular weight excluding hydrogens is 491 g/mol. The minimum atomic E-state index is -4.66. The van der Waals surface area contributed by atoms with Crippen LogP contribution in [0, 0.1) is 5.41 Å². The maximum absolute atomic E-state index is 13.1. The van der Waals surface area contributed by atoms with Crippen molar-refractivity contribution in [2.24, 2.45) is 10.5 Å². The molecule has 8 nitrogen and oxygen atoms in total. The van der Waals surface area contributed by atoms with E-state index in [0.717, 1.165) is 23.2 Å². The second-order valence-corrected chi connectivity index (χ2v) is 8.16. The molecule has 35 heavy (non-hydrogen) atoms. The number of halogens is 4. The van der Waals surface area contributed by atoms with Gasteiger partial charge in [0.25, 0.3) is 0 Å². The van der Waals surface area contributed by atoms with E-state index in [1.54, 1.807) is 6.92 Å². The molecule has 0 radical (unpaired) electrons. The molecule has 1 unspecified atom stereocenters. The van der Waals surface area contributed by atoms with Crippen LogP contribution in [0.1, 0.15) is 35.3 Å². The first-order valence-corrected chi connectivity index (χ1v) is 10.7. The Morgan fingerprint density at radius 1 is 1.20 bits per heavy atom. The molecule has 0 saturated heterocycles. The number of nitrogens with one attached hydrogen (secondary N) is 1. The summed E-state index contributed by atoms with van der Waals surface area (Å²) in [7, 11) is 1.22. The zero-order chi connectivity index (χ0) is 26.0. The number of hydrogen-bond donors (Lipinski definition) is 1. The van der Waals surface area contributed by atoms with Gasteiger partial charge in [-0.3, -0.25) is 4.79 Å². The molecule has 0 aliphatic carbocycles. The van der Waals surface area contributed by atoms with Gasteiger partial charge in [-0.15, -0.1) is 0 Å². The smallest absolute Gasteiger partial charge is 0.417 e. The topological polar surface area (TPSA) is 97.3 Å². The van der Waals surface area contributed by atoms with E-state index >= 15 is 0 Å². The Balaban J connectivity index is 1.96. The second kappa shape index (κ2) is 9.95. The predicted octanol–water partition coefficient (Wildman–Crippen LogP) is 4.97. The normalized spacial score (nSPS) is 17.6. The first-order valence-electron chi connectivity index (χ1n) is 10.3. The van der Waals surface area contributed by atoms with Crippen LogP contribution in [0.2, 0.25) is 5.02 Å². The van der Waals surface area contributed by atoms with Gasteiger partial charge >= 0.3 is 24.1 Å². The van der Waals surface area contributed by atoms with E-state index < -0.39 is 40.1 Å². The van der Waals surface area contributed by atoms with E-state index in [4.69, 9.17) is 16.3 Å². The molecule has 0 saturated carbocycles. The number of carbonyl (C=O) groups excluding carboxylic acids is 3. The predicted molar refractivity (Wildman–Crippen MR) is 121 cm³/mol. The Morgan fingerprint density at radius 3 is 2.51 bits per heavy atom. The van der Waals surface area contributed by atoms with Crippen LogP contribution in [0.4, 0.5) is 23.7 Å². The molecule has 0 aromatic heterocycles. The number of methoxy groups -OCH3 is 1. The van der Waals surface area contributed by atoms with E-state index in [-0.39, 0.29) is 35.7 Å². The molecule has 186 valence electrons. The summed E-state index contributed by atoms with van der Waals surface area (Å²) in [5, 5.41) is 7.18. The van der Waals surface area contributed by atoms with E-state index in [9.17, 15) is 27.6 Å². The third-order valence-corrected chi connectivity index (χ3v) is 5.57. The highest BCUT2D eigenvalue weighted by Gasteiger charge is 2.49. The number of ether oxygens (including phenoxy) is 2. The number of alkyl halides is 3. The summed E-state index contributed by atoms with van der Waals surface area (Å²) in [4.78, 5) is 37.5. The van der Waals surface area contributed by atoms with Crippen molar-refractivity contribution in [2.75, 3.05) is 25.6 Å². The van der Waals surface area contributed by atoms with Crippen LogP contribution in [-0.2, 0) is 20.4 Å². The van der Waals surface area contributed by atoms with E-state index in [0.29, 0.717) is 0 Å². The van der Waals surface area contributed by atoms with Crippen molar-refractivity contribution < 1.29 is 37.0 Å². The van der Waals surface area contributed by atoms with Crippen LogP contribution in [0.25, 0.3) is 0 Å². The van der Waals surface area contributed by atoms with E-state index in [2.05, 4.69) is 15.2 Å². The second-order valence-electron chi connectivity index (χ2n) is 7.75.